The number of carboxylic acids is 2. The summed E-state index contributed by atoms with van der Waals surface area (Å²) < 4.78 is 0. The van der Waals surface area contributed by atoms with Crippen molar-refractivity contribution in [3.8, 4) is 0 Å². The Hall–Kier alpha value is -2.00. The topological polar surface area (TPSA) is 156 Å². The van der Waals surface area contributed by atoms with Gasteiger partial charge in [0, 0.05) is 12.0 Å². The van der Waals surface area contributed by atoms with Crippen molar-refractivity contribution < 1.29 is 40.2 Å². The number of rotatable bonds is 5. The molecule has 0 amide bonds. The van der Waals surface area contributed by atoms with Gasteiger partial charge >= 0.3 is 11.9 Å². The van der Waals surface area contributed by atoms with Gasteiger partial charge < -0.3 is 30.6 Å². The van der Waals surface area contributed by atoms with Crippen molar-refractivity contribution in [2.45, 2.75) is 31.3 Å². The van der Waals surface area contributed by atoms with Crippen LogP contribution >= 0.6 is 0 Å². The molecule has 0 bridgehead atoms. The fourth-order valence-electron chi connectivity index (χ4n) is 1.18. The molecule has 0 saturated carbocycles. The molecular weight excluding hydrogens is 284 g/mol. The highest BCUT2D eigenvalue weighted by atomic mass is 16.5. The van der Waals surface area contributed by atoms with E-state index in [4.69, 9.17) is 20.4 Å². The van der Waals surface area contributed by atoms with Gasteiger partial charge in [-0.05, 0) is 0 Å². The van der Waals surface area contributed by atoms with Gasteiger partial charge in [-0.2, -0.15) is 0 Å². The highest BCUT2D eigenvalue weighted by Crippen LogP contribution is 2.20. The molecule has 118 valence electrons. The molecule has 0 fully saturated rings. The zero-order valence-electron chi connectivity index (χ0n) is 11.2. The Bertz CT molecular complexity index is 438. The summed E-state index contributed by atoms with van der Waals surface area (Å²) in [5.41, 5.74) is 0.544. The molecule has 2 atom stereocenters. The van der Waals surface area contributed by atoms with Crippen LogP contribution in [0.3, 0.4) is 0 Å². The molecule has 0 aliphatic rings. The lowest BCUT2D eigenvalue weighted by molar-refractivity contribution is -0.171. The summed E-state index contributed by atoms with van der Waals surface area (Å²) in [5.74, 6) is -5.20. The summed E-state index contributed by atoms with van der Waals surface area (Å²) in [4.78, 5) is 19.5. The third-order valence-corrected chi connectivity index (χ3v) is 2.53. The van der Waals surface area contributed by atoms with Crippen LogP contribution in [0.15, 0.2) is 30.3 Å². The lowest BCUT2D eigenvalue weighted by Crippen LogP contribution is -2.39. The van der Waals surface area contributed by atoms with Crippen LogP contribution in [-0.2, 0) is 15.4 Å². The monoisotopic (exact) mass is 302 g/mol. The van der Waals surface area contributed by atoms with Crippen LogP contribution in [0, 0.1) is 0 Å². The van der Waals surface area contributed by atoms with E-state index in [1.54, 1.807) is 31.2 Å². The van der Waals surface area contributed by atoms with Crippen molar-refractivity contribution in [3.63, 3.8) is 0 Å². The predicted molar refractivity (Wildman–Crippen MR) is 70.1 cm³/mol. The maximum absolute atomic E-state index is 9.77. The van der Waals surface area contributed by atoms with Gasteiger partial charge in [0.15, 0.2) is 18.0 Å². The Kier molecular flexibility index (Phi) is 7.53. The van der Waals surface area contributed by atoms with Gasteiger partial charge in [0.1, 0.15) is 0 Å². The third-order valence-electron chi connectivity index (χ3n) is 2.53. The Morgan fingerprint density at radius 3 is 1.67 bits per heavy atom. The molecule has 8 heteroatoms. The van der Waals surface area contributed by atoms with Crippen LogP contribution in [0.5, 0.6) is 0 Å². The number of aliphatic hydroxyl groups excluding tert-OH is 2. The van der Waals surface area contributed by atoms with Crippen LogP contribution in [-0.4, -0.2) is 54.8 Å². The number of aliphatic carboxylic acids is 2. The fraction of sp³-hybridized carbons (Fsp3) is 0.385. The van der Waals surface area contributed by atoms with E-state index in [2.05, 4.69) is 0 Å². The zero-order valence-corrected chi connectivity index (χ0v) is 11.2. The second kappa shape index (κ2) is 8.32. The number of aliphatic hydroxyl groups is 4. The molecule has 0 radical (unpaired) electrons. The number of hydrogen-bond donors (Lipinski definition) is 6. The van der Waals surface area contributed by atoms with Gasteiger partial charge in [0.05, 0.1) is 0 Å². The molecule has 0 aliphatic heterocycles. The number of carboxylic acid groups (broad SMARTS) is 2. The van der Waals surface area contributed by atoms with Gasteiger partial charge in [-0.1, -0.05) is 37.3 Å². The van der Waals surface area contributed by atoms with Crippen molar-refractivity contribution >= 4 is 11.9 Å². The number of carbonyl (C=O) groups is 2. The molecule has 0 saturated heterocycles. The SMILES string of the molecule is CCC(O)(O)c1ccccc1.O=C(O)C(O)C(O)C(=O)O. The minimum Gasteiger partial charge on any atom is -0.479 e. The summed E-state index contributed by atoms with van der Waals surface area (Å²) in [7, 11) is 0. The van der Waals surface area contributed by atoms with E-state index in [0.29, 0.717) is 12.0 Å². The normalized spacial score (nSPS) is 13.6. The van der Waals surface area contributed by atoms with E-state index in [1.165, 1.54) is 0 Å². The van der Waals surface area contributed by atoms with Crippen molar-refractivity contribution in [3.05, 3.63) is 35.9 Å². The van der Waals surface area contributed by atoms with Gasteiger partial charge in [-0.25, -0.2) is 9.59 Å². The largest absolute Gasteiger partial charge is 0.479 e. The Morgan fingerprint density at radius 1 is 1.00 bits per heavy atom. The molecule has 6 N–H and O–H groups in total. The second-order valence-corrected chi connectivity index (χ2v) is 4.10. The van der Waals surface area contributed by atoms with Crippen LogP contribution < -0.4 is 0 Å². The summed E-state index contributed by atoms with van der Waals surface area (Å²) in [6, 6.07) is 8.81. The maximum Gasteiger partial charge on any atom is 0.335 e. The summed E-state index contributed by atoms with van der Waals surface area (Å²) in [6.07, 6.45) is -4.23. The summed E-state index contributed by atoms with van der Waals surface area (Å²) >= 11 is 0. The van der Waals surface area contributed by atoms with Crippen LogP contribution in [0.25, 0.3) is 0 Å². The predicted octanol–water partition coefficient (Wildman–Crippen LogP) is -0.889. The van der Waals surface area contributed by atoms with Gasteiger partial charge in [0.25, 0.3) is 0 Å². The van der Waals surface area contributed by atoms with Gasteiger partial charge in [-0.3, -0.25) is 0 Å². The molecule has 1 aromatic rings. The number of hydrogen-bond acceptors (Lipinski definition) is 6. The Labute approximate surface area is 120 Å². The fourth-order valence-corrected chi connectivity index (χ4v) is 1.18. The molecule has 0 aromatic heterocycles. The van der Waals surface area contributed by atoms with Crippen molar-refractivity contribution in [1.82, 2.24) is 0 Å². The molecule has 8 nitrogen and oxygen atoms in total. The quantitative estimate of drug-likeness (QED) is 0.383. The third kappa shape index (κ3) is 6.32. The molecule has 21 heavy (non-hydrogen) atoms. The van der Waals surface area contributed by atoms with E-state index < -0.39 is 29.9 Å². The molecular formula is C13H18O8. The smallest absolute Gasteiger partial charge is 0.335 e. The van der Waals surface area contributed by atoms with Crippen LogP contribution in [0.4, 0.5) is 0 Å². The Balaban J connectivity index is 0.000000384. The lowest BCUT2D eigenvalue weighted by atomic mass is 10.0. The minimum absolute atomic E-state index is 0.303. The summed E-state index contributed by atoms with van der Waals surface area (Å²) in [6.45, 7) is 1.73. The van der Waals surface area contributed by atoms with Crippen molar-refractivity contribution in [2.24, 2.45) is 0 Å². The zero-order chi connectivity index (χ0) is 16.6. The summed E-state index contributed by atoms with van der Waals surface area (Å²) in [5, 5.41) is 51.2. The molecule has 1 rings (SSSR count). The molecule has 0 heterocycles. The first-order valence-corrected chi connectivity index (χ1v) is 5.95. The van der Waals surface area contributed by atoms with Crippen molar-refractivity contribution in [2.75, 3.05) is 0 Å². The van der Waals surface area contributed by atoms with E-state index in [0.717, 1.165) is 0 Å². The highest BCUT2D eigenvalue weighted by Gasteiger charge is 2.29. The molecule has 0 aliphatic carbocycles. The second-order valence-electron chi connectivity index (χ2n) is 4.10. The molecule has 1 aromatic carbocycles. The standard InChI is InChI=1S/C9H12O2.C4H6O6/c1-2-9(10,11)8-6-4-3-5-7-8;5-1(3(7)8)2(6)4(9)10/h3-7,10-11H,2H2,1H3;1-2,5-6H,(H,7,8)(H,9,10). The first kappa shape index (κ1) is 19.0. The van der Waals surface area contributed by atoms with E-state index >= 15 is 0 Å². The molecule has 0 spiro atoms. The molecule has 2 unspecified atom stereocenters. The highest BCUT2D eigenvalue weighted by molar-refractivity contribution is 5.83. The van der Waals surface area contributed by atoms with Crippen LogP contribution in [0.1, 0.15) is 18.9 Å². The minimum atomic E-state index is -2.27. The van der Waals surface area contributed by atoms with Crippen molar-refractivity contribution in [1.29, 1.82) is 0 Å². The van der Waals surface area contributed by atoms with Gasteiger partial charge in [-0.15, -0.1) is 0 Å². The van der Waals surface area contributed by atoms with E-state index in [1.807, 2.05) is 6.07 Å². The lowest BCUT2D eigenvalue weighted by Gasteiger charge is -2.19. The van der Waals surface area contributed by atoms with Crippen LogP contribution in [0.2, 0.25) is 0 Å². The maximum atomic E-state index is 9.77. The number of benzene rings is 1. The van der Waals surface area contributed by atoms with E-state index in [9.17, 15) is 19.8 Å². The average Bonchev–Trinajstić information content (AvgIpc) is 2.47. The first-order chi connectivity index (χ1) is 9.63. The van der Waals surface area contributed by atoms with Gasteiger partial charge in [0.2, 0.25) is 0 Å². The average molecular weight is 302 g/mol. The van der Waals surface area contributed by atoms with E-state index in [-0.39, 0.29) is 0 Å². The Morgan fingerprint density at radius 2 is 1.38 bits per heavy atom. The first-order valence-electron chi connectivity index (χ1n) is 5.95.